The number of methoxy groups -OCH3 is 1. The lowest BCUT2D eigenvalue weighted by molar-refractivity contribution is 0.102. The lowest BCUT2D eigenvalue weighted by atomic mass is 10.2. The highest BCUT2D eigenvalue weighted by Gasteiger charge is 2.17. The maximum atomic E-state index is 12.5. The molecule has 0 aliphatic heterocycles. The van der Waals surface area contributed by atoms with Gasteiger partial charge in [0.25, 0.3) is 5.91 Å². The van der Waals surface area contributed by atoms with E-state index in [0.717, 1.165) is 0 Å². The topological polar surface area (TPSA) is 93.7 Å². The summed E-state index contributed by atoms with van der Waals surface area (Å²) < 4.78 is 37.9. The minimum Gasteiger partial charge on any atom is -0.495 e. The molecule has 0 spiro atoms. The number of sulfonamides is 1. The number of ether oxygens (including phenoxy) is 2. The predicted octanol–water partition coefficient (Wildman–Crippen LogP) is 3.31. The van der Waals surface area contributed by atoms with Gasteiger partial charge >= 0.3 is 0 Å². The van der Waals surface area contributed by atoms with E-state index in [9.17, 15) is 13.2 Å². The van der Waals surface area contributed by atoms with Crippen molar-refractivity contribution in [2.24, 2.45) is 0 Å². The molecule has 2 N–H and O–H groups in total. The van der Waals surface area contributed by atoms with E-state index < -0.39 is 15.9 Å². The molecule has 0 unspecified atom stereocenters. The van der Waals surface area contributed by atoms with E-state index in [1.165, 1.54) is 25.3 Å². The summed E-state index contributed by atoms with van der Waals surface area (Å²) in [7, 11) is -2.29. The predicted molar refractivity (Wildman–Crippen MR) is 109 cm³/mol. The van der Waals surface area contributed by atoms with Crippen LogP contribution < -0.4 is 14.8 Å². The molecule has 0 aliphatic rings. The van der Waals surface area contributed by atoms with Gasteiger partial charge in [-0.1, -0.05) is 11.6 Å². The molecule has 1 amide bonds. The molecule has 0 saturated carbocycles. The van der Waals surface area contributed by atoms with E-state index in [4.69, 9.17) is 21.1 Å². The Balaban J connectivity index is 2.16. The first-order chi connectivity index (χ1) is 13.4. The van der Waals surface area contributed by atoms with E-state index >= 15 is 0 Å². The van der Waals surface area contributed by atoms with Gasteiger partial charge in [0.05, 0.1) is 17.7 Å². The summed E-state index contributed by atoms with van der Waals surface area (Å²) in [5, 5.41) is 3.19. The third-order valence-corrected chi connectivity index (χ3v) is 5.51. The fourth-order valence-electron chi connectivity index (χ4n) is 2.36. The molecule has 2 aromatic carbocycles. The van der Waals surface area contributed by atoms with Crippen molar-refractivity contribution in [2.75, 3.05) is 32.2 Å². The maximum absolute atomic E-state index is 12.5. The van der Waals surface area contributed by atoms with Crippen molar-refractivity contribution in [3.8, 4) is 5.75 Å². The van der Waals surface area contributed by atoms with Crippen LogP contribution >= 0.6 is 11.6 Å². The van der Waals surface area contributed by atoms with Gasteiger partial charge in [-0.2, -0.15) is 0 Å². The fourth-order valence-corrected chi connectivity index (χ4v) is 3.58. The third-order valence-electron chi connectivity index (χ3n) is 3.80. The number of carbonyl (C=O) groups is 1. The van der Waals surface area contributed by atoms with Gasteiger partial charge in [-0.05, 0) is 55.8 Å². The zero-order valence-corrected chi connectivity index (χ0v) is 17.3. The minimum atomic E-state index is -3.73. The zero-order chi connectivity index (χ0) is 20.6. The first-order valence-corrected chi connectivity index (χ1v) is 10.6. The van der Waals surface area contributed by atoms with Crippen LogP contribution in [0.15, 0.2) is 47.4 Å². The molecule has 0 aliphatic carbocycles. The molecular formula is C19H23ClN2O5S. The molecule has 0 atom stereocenters. The van der Waals surface area contributed by atoms with E-state index in [0.29, 0.717) is 36.0 Å². The Morgan fingerprint density at radius 1 is 1.14 bits per heavy atom. The summed E-state index contributed by atoms with van der Waals surface area (Å²) in [6.45, 7) is 3.19. The molecule has 28 heavy (non-hydrogen) atoms. The molecule has 2 rings (SSSR count). The molecule has 9 heteroatoms. The van der Waals surface area contributed by atoms with Crippen LogP contribution in [0.1, 0.15) is 23.7 Å². The second-order valence-electron chi connectivity index (χ2n) is 5.77. The number of rotatable bonds is 10. The molecule has 0 radical (unpaired) electrons. The summed E-state index contributed by atoms with van der Waals surface area (Å²) >= 11 is 5.83. The Kier molecular flexibility index (Phi) is 8.25. The highest BCUT2D eigenvalue weighted by molar-refractivity contribution is 7.89. The summed E-state index contributed by atoms with van der Waals surface area (Å²) in [5.74, 6) is -0.0632. The zero-order valence-electron chi connectivity index (χ0n) is 15.7. The number of anilines is 1. The number of amides is 1. The Labute approximate surface area is 170 Å². The van der Waals surface area contributed by atoms with E-state index in [1.807, 2.05) is 6.92 Å². The molecule has 7 nitrogen and oxygen atoms in total. The fraction of sp³-hybridized carbons (Fsp3) is 0.316. The van der Waals surface area contributed by atoms with Gasteiger partial charge in [0.1, 0.15) is 5.75 Å². The number of carbonyl (C=O) groups excluding carboxylic acids is 1. The second-order valence-corrected chi connectivity index (χ2v) is 7.97. The normalized spacial score (nSPS) is 11.2. The van der Waals surface area contributed by atoms with Gasteiger partial charge in [0, 0.05) is 30.3 Å². The van der Waals surface area contributed by atoms with Crippen LogP contribution in [-0.2, 0) is 14.8 Å². The maximum Gasteiger partial charge on any atom is 0.255 e. The van der Waals surface area contributed by atoms with Crippen LogP contribution in [0.25, 0.3) is 0 Å². The first-order valence-electron chi connectivity index (χ1n) is 8.69. The van der Waals surface area contributed by atoms with E-state index in [-0.39, 0.29) is 17.1 Å². The van der Waals surface area contributed by atoms with E-state index in [2.05, 4.69) is 10.0 Å². The molecule has 0 heterocycles. The van der Waals surface area contributed by atoms with Crippen LogP contribution in [0, 0.1) is 0 Å². The van der Waals surface area contributed by atoms with Crippen LogP contribution in [0.4, 0.5) is 5.69 Å². The smallest absolute Gasteiger partial charge is 0.255 e. The van der Waals surface area contributed by atoms with Crippen LogP contribution in [0.5, 0.6) is 5.75 Å². The molecule has 0 bridgehead atoms. The monoisotopic (exact) mass is 426 g/mol. The van der Waals surface area contributed by atoms with E-state index in [1.54, 1.807) is 24.3 Å². The molecular weight excluding hydrogens is 404 g/mol. The van der Waals surface area contributed by atoms with Gasteiger partial charge in [0.2, 0.25) is 10.0 Å². The SMILES string of the molecule is CCOCCCNS(=O)(=O)c1ccc(OC)c(NC(=O)c2ccc(Cl)cc2)c1. The van der Waals surface area contributed by atoms with Crippen LogP contribution in [0.3, 0.4) is 0 Å². The van der Waals surface area contributed by atoms with Gasteiger partial charge in [-0.15, -0.1) is 0 Å². The highest BCUT2D eigenvalue weighted by Crippen LogP contribution is 2.28. The summed E-state index contributed by atoms with van der Waals surface area (Å²) in [4.78, 5) is 12.5. The lowest BCUT2D eigenvalue weighted by Gasteiger charge is -2.13. The number of hydrogen-bond donors (Lipinski definition) is 2. The quantitative estimate of drug-likeness (QED) is 0.568. The molecule has 152 valence electrons. The Morgan fingerprint density at radius 3 is 2.50 bits per heavy atom. The average Bonchev–Trinajstić information content (AvgIpc) is 2.68. The number of hydrogen-bond acceptors (Lipinski definition) is 5. The molecule has 0 fully saturated rings. The summed E-state index contributed by atoms with van der Waals surface area (Å²) in [6.07, 6.45) is 0.559. The van der Waals surface area contributed by atoms with Crippen LogP contribution in [0.2, 0.25) is 5.02 Å². The molecule has 2 aromatic rings. The molecule has 0 aromatic heterocycles. The minimum absolute atomic E-state index is 0.0242. The summed E-state index contributed by atoms with van der Waals surface area (Å²) in [5.41, 5.74) is 0.633. The van der Waals surface area contributed by atoms with Crippen molar-refractivity contribution < 1.29 is 22.7 Å². The third kappa shape index (κ3) is 6.20. The molecule has 0 saturated heterocycles. The Morgan fingerprint density at radius 2 is 1.86 bits per heavy atom. The lowest BCUT2D eigenvalue weighted by Crippen LogP contribution is -2.26. The van der Waals surface area contributed by atoms with Crippen molar-refractivity contribution in [1.82, 2.24) is 4.72 Å². The van der Waals surface area contributed by atoms with Crippen LogP contribution in [-0.4, -0.2) is 41.2 Å². The van der Waals surface area contributed by atoms with Crippen molar-refractivity contribution in [3.63, 3.8) is 0 Å². The van der Waals surface area contributed by atoms with Gasteiger partial charge in [0.15, 0.2) is 0 Å². The number of halogens is 1. The number of benzene rings is 2. The number of nitrogens with one attached hydrogen (secondary N) is 2. The van der Waals surface area contributed by atoms with Gasteiger partial charge in [-0.25, -0.2) is 13.1 Å². The van der Waals surface area contributed by atoms with Crippen molar-refractivity contribution in [1.29, 1.82) is 0 Å². The van der Waals surface area contributed by atoms with Gasteiger partial charge in [-0.3, -0.25) is 4.79 Å². The Bertz CT molecular complexity index is 901. The van der Waals surface area contributed by atoms with Crippen molar-refractivity contribution >= 4 is 33.2 Å². The van der Waals surface area contributed by atoms with Gasteiger partial charge < -0.3 is 14.8 Å². The largest absolute Gasteiger partial charge is 0.495 e. The summed E-state index contributed by atoms with van der Waals surface area (Å²) in [6, 6.07) is 10.6. The standard InChI is InChI=1S/C19H23ClN2O5S/c1-3-27-12-4-11-21-28(24,25)16-9-10-18(26-2)17(13-16)22-19(23)14-5-7-15(20)8-6-14/h5-10,13,21H,3-4,11-12H2,1-2H3,(H,22,23). The average molecular weight is 427 g/mol. The first kappa shape index (κ1) is 22.2. The van der Waals surface area contributed by atoms with Crippen molar-refractivity contribution in [2.45, 2.75) is 18.2 Å². The second kappa shape index (κ2) is 10.4. The Hall–Kier alpha value is -2.13. The van der Waals surface area contributed by atoms with Crippen molar-refractivity contribution in [3.05, 3.63) is 53.1 Å². The highest BCUT2D eigenvalue weighted by atomic mass is 35.5.